The molecular formula is C34H38Cl3N5O2. The fourth-order valence-electron chi connectivity index (χ4n) is 5.53. The van der Waals surface area contributed by atoms with Crippen molar-refractivity contribution in [3.05, 3.63) is 99.8 Å². The highest BCUT2D eigenvalue weighted by Crippen LogP contribution is 2.28. The molecule has 3 heterocycles. The Kier molecular flexibility index (Phi) is 11.4. The number of nitrogens with one attached hydrogen (secondary N) is 3. The Bertz CT molecular complexity index is 1730. The van der Waals surface area contributed by atoms with Gasteiger partial charge in [0.2, 0.25) is 11.8 Å². The van der Waals surface area contributed by atoms with Crippen molar-refractivity contribution in [2.45, 2.75) is 39.0 Å². The molecule has 6 rings (SSSR count). The molecule has 5 N–H and O–H groups in total. The third-order valence-corrected chi connectivity index (χ3v) is 8.43. The summed E-state index contributed by atoms with van der Waals surface area (Å²) in [4.78, 5) is 33.6. The van der Waals surface area contributed by atoms with Gasteiger partial charge < -0.3 is 25.9 Å². The molecule has 2 aromatic heterocycles. The first-order chi connectivity index (χ1) is 20.7. The topological polar surface area (TPSA) is 107 Å². The summed E-state index contributed by atoms with van der Waals surface area (Å²) < 4.78 is 0. The van der Waals surface area contributed by atoms with Crippen molar-refractivity contribution in [2.24, 2.45) is 11.7 Å². The Morgan fingerprint density at radius 2 is 1.50 bits per heavy atom. The number of halogens is 3. The second-order valence-electron chi connectivity index (χ2n) is 11.2. The molecule has 1 aliphatic rings. The van der Waals surface area contributed by atoms with Crippen LogP contribution in [0, 0.1) is 5.92 Å². The normalized spacial score (nSPS) is 14.5. The van der Waals surface area contributed by atoms with E-state index in [-0.39, 0.29) is 24.2 Å². The molecule has 232 valence electrons. The summed E-state index contributed by atoms with van der Waals surface area (Å²) in [6.07, 6.45) is 6.04. The van der Waals surface area contributed by atoms with Crippen LogP contribution >= 0.6 is 35.6 Å². The van der Waals surface area contributed by atoms with Crippen LogP contribution in [-0.4, -0.2) is 41.4 Å². The Labute approximate surface area is 273 Å². The van der Waals surface area contributed by atoms with Gasteiger partial charge in [0.25, 0.3) is 0 Å². The molecule has 3 aromatic carbocycles. The van der Waals surface area contributed by atoms with Crippen molar-refractivity contribution in [1.82, 2.24) is 15.3 Å². The number of H-pyrrole nitrogens is 2. The lowest BCUT2D eigenvalue weighted by Gasteiger charge is -2.18. The molecule has 1 saturated heterocycles. The maximum atomic E-state index is 12.8. The molecule has 1 unspecified atom stereocenters. The number of aromatic nitrogens is 2. The van der Waals surface area contributed by atoms with Crippen molar-refractivity contribution >= 4 is 74.9 Å². The number of aromatic amines is 2. The first kappa shape index (κ1) is 33.4. The van der Waals surface area contributed by atoms with E-state index in [0.29, 0.717) is 43.4 Å². The van der Waals surface area contributed by atoms with E-state index < -0.39 is 5.92 Å². The third-order valence-electron chi connectivity index (χ3n) is 7.96. The van der Waals surface area contributed by atoms with Gasteiger partial charge in [-0.05, 0) is 96.9 Å². The number of nitrogens with two attached hydrogens (primary N) is 1. The highest BCUT2D eigenvalue weighted by molar-refractivity contribution is 6.31. The molecule has 44 heavy (non-hydrogen) atoms. The maximum Gasteiger partial charge on any atom is 0.239 e. The summed E-state index contributed by atoms with van der Waals surface area (Å²) in [5.41, 5.74) is 12.1. The Morgan fingerprint density at radius 1 is 0.932 bits per heavy atom. The summed E-state index contributed by atoms with van der Waals surface area (Å²) in [7, 11) is 0. The summed E-state index contributed by atoms with van der Waals surface area (Å²) in [6, 6.07) is 19.6. The Balaban J connectivity index is 0.000000264. The number of fused-ring (bicyclic) bond motifs is 2. The zero-order valence-corrected chi connectivity index (χ0v) is 27.2. The second-order valence-corrected chi connectivity index (χ2v) is 12.0. The van der Waals surface area contributed by atoms with Crippen LogP contribution in [0.25, 0.3) is 21.8 Å². The Morgan fingerprint density at radius 3 is 2.05 bits per heavy atom. The van der Waals surface area contributed by atoms with Crippen LogP contribution in [-0.2, 0) is 22.4 Å². The number of hydrogen-bond acceptors (Lipinski definition) is 3. The predicted molar refractivity (Wildman–Crippen MR) is 184 cm³/mol. The molecular weight excluding hydrogens is 617 g/mol. The number of rotatable bonds is 8. The van der Waals surface area contributed by atoms with Crippen LogP contribution in [0.2, 0.25) is 10.0 Å². The predicted octanol–water partition coefficient (Wildman–Crippen LogP) is 7.40. The molecule has 10 heteroatoms. The van der Waals surface area contributed by atoms with Crippen LogP contribution in [0.4, 0.5) is 5.69 Å². The molecule has 0 saturated carbocycles. The van der Waals surface area contributed by atoms with E-state index in [9.17, 15) is 9.59 Å². The smallest absolute Gasteiger partial charge is 0.239 e. The van der Waals surface area contributed by atoms with Gasteiger partial charge in [-0.15, -0.1) is 12.4 Å². The van der Waals surface area contributed by atoms with Gasteiger partial charge in [-0.2, -0.15) is 0 Å². The summed E-state index contributed by atoms with van der Waals surface area (Å²) in [5.74, 6) is -0.491. The number of hydrogen-bond donors (Lipinski definition) is 4. The molecule has 7 nitrogen and oxygen atoms in total. The van der Waals surface area contributed by atoms with E-state index in [2.05, 4.69) is 29.1 Å². The van der Waals surface area contributed by atoms with Crippen molar-refractivity contribution in [3.8, 4) is 0 Å². The highest BCUT2D eigenvalue weighted by Gasteiger charge is 2.37. The summed E-state index contributed by atoms with van der Waals surface area (Å²) >= 11 is 12.0. The van der Waals surface area contributed by atoms with E-state index in [4.69, 9.17) is 28.9 Å². The standard InChI is InChI=1S/C24H26ClN3O2.C10H11ClN2.ClH/c1-15(2)16-3-6-19(7-4-16)28-12-10-20(24(28)30)23(29)26-11-9-17-14-27-22-8-5-18(25)13-21(17)22;11-8-1-2-10-9(5-8)7(3-4-12)6-13-10;/h3-8,13-15,20,27H,9-12H2,1-2H3,(H,26,29);1-2,5-6,13H,3-4,12H2;1H. The average Bonchev–Trinajstić information content (AvgIpc) is 3.70. The van der Waals surface area contributed by atoms with E-state index in [1.165, 1.54) is 16.5 Å². The highest BCUT2D eigenvalue weighted by atomic mass is 35.5. The number of carbonyl (C=O) groups excluding carboxylic acids is 2. The van der Waals surface area contributed by atoms with Crippen molar-refractivity contribution in [1.29, 1.82) is 0 Å². The summed E-state index contributed by atoms with van der Waals surface area (Å²) in [5, 5.41) is 6.63. The van der Waals surface area contributed by atoms with Gasteiger partial charge in [0.1, 0.15) is 5.92 Å². The number of amides is 2. The van der Waals surface area contributed by atoms with Crippen LogP contribution in [0.3, 0.4) is 0 Å². The quantitative estimate of drug-likeness (QED) is 0.131. The second kappa shape index (κ2) is 15.0. The minimum absolute atomic E-state index is 0. The molecule has 0 spiro atoms. The van der Waals surface area contributed by atoms with Gasteiger partial charge >= 0.3 is 0 Å². The monoisotopic (exact) mass is 653 g/mol. The Hall–Kier alpha value is -3.49. The van der Waals surface area contributed by atoms with Gasteiger partial charge in [-0.25, -0.2) is 0 Å². The first-order valence-electron chi connectivity index (χ1n) is 14.6. The average molecular weight is 655 g/mol. The van der Waals surface area contributed by atoms with Gasteiger partial charge in [0.15, 0.2) is 0 Å². The zero-order chi connectivity index (χ0) is 30.5. The molecule has 0 aliphatic carbocycles. The minimum atomic E-state index is -0.618. The molecule has 1 fully saturated rings. The number of carbonyl (C=O) groups is 2. The van der Waals surface area contributed by atoms with Crippen LogP contribution in [0.1, 0.15) is 42.9 Å². The van der Waals surface area contributed by atoms with E-state index in [1.54, 1.807) is 4.90 Å². The third kappa shape index (κ3) is 7.59. The fourth-order valence-corrected chi connectivity index (χ4v) is 5.88. The number of benzene rings is 3. The number of anilines is 1. The number of nitrogens with zero attached hydrogens (tertiary/aromatic N) is 1. The molecule has 0 bridgehead atoms. The van der Waals surface area contributed by atoms with Crippen molar-refractivity contribution < 1.29 is 9.59 Å². The lowest BCUT2D eigenvalue weighted by molar-refractivity contribution is -0.132. The first-order valence-corrected chi connectivity index (χ1v) is 15.4. The van der Waals surface area contributed by atoms with Crippen molar-refractivity contribution in [2.75, 3.05) is 24.5 Å². The maximum absolute atomic E-state index is 12.8. The molecule has 2 amide bonds. The van der Waals surface area contributed by atoms with Gasteiger partial charge in [-0.1, -0.05) is 49.2 Å². The van der Waals surface area contributed by atoms with Gasteiger partial charge in [0.05, 0.1) is 0 Å². The molecule has 1 aliphatic heterocycles. The largest absolute Gasteiger partial charge is 0.361 e. The lowest BCUT2D eigenvalue weighted by Crippen LogP contribution is -2.37. The minimum Gasteiger partial charge on any atom is -0.361 e. The molecule has 5 aromatic rings. The van der Waals surface area contributed by atoms with Crippen LogP contribution in [0.15, 0.2) is 73.1 Å². The van der Waals surface area contributed by atoms with E-state index >= 15 is 0 Å². The van der Waals surface area contributed by atoms with Crippen molar-refractivity contribution in [3.63, 3.8) is 0 Å². The van der Waals surface area contributed by atoms with Gasteiger partial charge in [-0.3, -0.25) is 9.59 Å². The fraction of sp³-hybridized carbons (Fsp3) is 0.294. The zero-order valence-electron chi connectivity index (χ0n) is 24.8. The molecule has 1 atom stereocenters. The lowest BCUT2D eigenvalue weighted by atomic mass is 10.0. The van der Waals surface area contributed by atoms with Crippen LogP contribution in [0.5, 0.6) is 0 Å². The van der Waals surface area contributed by atoms with E-state index in [1.807, 2.05) is 73.1 Å². The van der Waals surface area contributed by atoms with Crippen LogP contribution < -0.4 is 16.0 Å². The molecule has 0 radical (unpaired) electrons. The summed E-state index contributed by atoms with van der Waals surface area (Å²) in [6.45, 7) is 5.99. The SMILES string of the molecule is CC(C)c1ccc(N2CCC(C(=O)NCCc3c[nH]c4ccc(Cl)cc34)C2=O)cc1.Cl.NCCc1c[nH]c2ccc(Cl)cc12. The van der Waals surface area contributed by atoms with Gasteiger partial charge in [0, 0.05) is 63.0 Å². The van der Waals surface area contributed by atoms with E-state index in [0.717, 1.165) is 39.1 Å².